The molecule has 5 aromatic rings. The van der Waals surface area contributed by atoms with E-state index in [0.29, 0.717) is 0 Å². The van der Waals surface area contributed by atoms with Gasteiger partial charge in [0.2, 0.25) is 0 Å². The summed E-state index contributed by atoms with van der Waals surface area (Å²) in [5, 5.41) is 1.01. The molecule has 0 saturated carbocycles. The van der Waals surface area contributed by atoms with Crippen molar-refractivity contribution in [1.29, 1.82) is 0 Å². The molecule has 0 aliphatic heterocycles. The predicted molar refractivity (Wildman–Crippen MR) is 119 cm³/mol. The van der Waals surface area contributed by atoms with E-state index in [2.05, 4.69) is 63.2 Å². The molecule has 0 bridgehead atoms. The second kappa shape index (κ2) is 6.99. The van der Waals surface area contributed by atoms with E-state index in [4.69, 9.17) is 4.42 Å². The number of hydrogen-bond donors (Lipinski definition) is 0. The van der Waals surface area contributed by atoms with Gasteiger partial charge in [-0.25, -0.2) is 9.97 Å². The number of aryl methyl sites for hydroxylation is 2. The van der Waals surface area contributed by atoms with E-state index in [9.17, 15) is 0 Å². The van der Waals surface area contributed by atoms with Crippen LogP contribution in [-0.4, -0.2) is 25.4 Å². The van der Waals surface area contributed by atoms with Gasteiger partial charge in [-0.2, -0.15) is 0 Å². The molecule has 0 atom stereocenters. The molecule has 0 N–H and O–H groups in total. The SMILES string of the molecule is Cc1cc(N(c2nccc3occc23)C(C)C)ccc1-c1c(C)ncc2nccn12. The summed E-state index contributed by atoms with van der Waals surface area (Å²) in [5.74, 6) is 0.901. The highest BCUT2D eigenvalue weighted by atomic mass is 16.3. The molecule has 4 aromatic heterocycles. The van der Waals surface area contributed by atoms with Crippen LogP contribution in [0.4, 0.5) is 11.5 Å². The minimum absolute atomic E-state index is 0.226. The summed E-state index contributed by atoms with van der Waals surface area (Å²) in [5.41, 5.74) is 7.14. The minimum Gasteiger partial charge on any atom is -0.464 e. The van der Waals surface area contributed by atoms with E-state index in [-0.39, 0.29) is 6.04 Å². The summed E-state index contributed by atoms with van der Waals surface area (Å²) < 4.78 is 7.68. The van der Waals surface area contributed by atoms with Gasteiger partial charge in [0.1, 0.15) is 11.4 Å². The minimum atomic E-state index is 0.226. The summed E-state index contributed by atoms with van der Waals surface area (Å²) in [6.45, 7) is 8.51. The Labute approximate surface area is 174 Å². The second-order valence-corrected chi connectivity index (χ2v) is 7.78. The summed E-state index contributed by atoms with van der Waals surface area (Å²) in [6.07, 6.45) is 9.11. The Morgan fingerprint density at radius 3 is 2.67 bits per heavy atom. The van der Waals surface area contributed by atoms with Crippen LogP contribution in [0.5, 0.6) is 0 Å². The van der Waals surface area contributed by atoms with E-state index in [0.717, 1.165) is 45.1 Å². The Bertz CT molecular complexity index is 1360. The summed E-state index contributed by atoms with van der Waals surface area (Å²) in [4.78, 5) is 15.9. The molecule has 1 aromatic carbocycles. The van der Waals surface area contributed by atoms with Gasteiger partial charge in [0.25, 0.3) is 0 Å². The fraction of sp³-hybridized carbons (Fsp3) is 0.208. The monoisotopic (exact) mass is 397 g/mol. The quantitative estimate of drug-likeness (QED) is 0.389. The number of aromatic nitrogens is 4. The molecular formula is C24H23N5O. The molecule has 150 valence electrons. The molecule has 6 heteroatoms. The van der Waals surface area contributed by atoms with E-state index < -0.39 is 0 Å². The van der Waals surface area contributed by atoms with Crippen LogP contribution in [0, 0.1) is 13.8 Å². The van der Waals surface area contributed by atoms with Crippen molar-refractivity contribution in [3.63, 3.8) is 0 Å². The first kappa shape index (κ1) is 18.4. The predicted octanol–water partition coefficient (Wildman–Crippen LogP) is 5.70. The van der Waals surface area contributed by atoms with Gasteiger partial charge in [0, 0.05) is 35.9 Å². The number of hydrogen-bond acceptors (Lipinski definition) is 5. The van der Waals surface area contributed by atoms with Crippen molar-refractivity contribution in [3.05, 3.63) is 72.6 Å². The van der Waals surface area contributed by atoms with Crippen molar-refractivity contribution < 1.29 is 4.42 Å². The van der Waals surface area contributed by atoms with Crippen LogP contribution < -0.4 is 4.90 Å². The zero-order valence-electron chi connectivity index (χ0n) is 17.5. The average molecular weight is 397 g/mol. The molecule has 5 rings (SSSR count). The third-order valence-corrected chi connectivity index (χ3v) is 5.47. The first-order valence-corrected chi connectivity index (χ1v) is 10.1. The highest BCUT2D eigenvalue weighted by Gasteiger charge is 2.20. The van der Waals surface area contributed by atoms with Crippen molar-refractivity contribution in [1.82, 2.24) is 19.4 Å². The van der Waals surface area contributed by atoms with Crippen LogP contribution in [-0.2, 0) is 0 Å². The summed E-state index contributed by atoms with van der Waals surface area (Å²) in [6, 6.07) is 10.6. The van der Waals surface area contributed by atoms with Crippen LogP contribution in [0.15, 0.2) is 65.8 Å². The molecule has 0 aliphatic carbocycles. The Hall–Kier alpha value is -3.67. The van der Waals surface area contributed by atoms with Crippen LogP contribution in [0.3, 0.4) is 0 Å². The maximum Gasteiger partial charge on any atom is 0.155 e. The van der Waals surface area contributed by atoms with Crippen LogP contribution in [0.1, 0.15) is 25.1 Å². The number of nitrogens with zero attached hydrogens (tertiary/aromatic N) is 5. The zero-order chi connectivity index (χ0) is 20.8. The number of rotatable bonds is 4. The summed E-state index contributed by atoms with van der Waals surface area (Å²) >= 11 is 0. The topological polar surface area (TPSA) is 59.5 Å². The first-order valence-electron chi connectivity index (χ1n) is 10.1. The van der Waals surface area contributed by atoms with E-state index in [1.165, 1.54) is 5.56 Å². The molecule has 0 amide bonds. The van der Waals surface area contributed by atoms with Crippen LogP contribution in [0.25, 0.3) is 27.9 Å². The van der Waals surface area contributed by atoms with Gasteiger partial charge in [0.15, 0.2) is 5.65 Å². The van der Waals surface area contributed by atoms with E-state index in [1.807, 2.05) is 25.3 Å². The number of fused-ring (bicyclic) bond motifs is 2. The number of anilines is 2. The zero-order valence-corrected chi connectivity index (χ0v) is 17.5. The van der Waals surface area contributed by atoms with Gasteiger partial charge in [-0.1, -0.05) is 6.07 Å². The maximum atomic E-state index is 5.59. The van der Waals surface area contributed by atoms with Crippen molar-refractivity contribution >= 4 is 28.1 Å². The van der Waals surface area contributed by atoms with Gasteiger partial charge in [0.05, 0.1) is 29.2 Å². The Morgan fingerprint density at radius 2 is 1.87 bits per heavy atom. The maximum absolute atomic E-state index is 5.59. The van der Waals surface area contributed by atoms with Crippen molar-refractivity contribution in [2.75, 3.05) is 4.90 Å². The molecule has 0 fully saturated rings. The number of benzene rings is 1. The number of furan rings is 1. The van der Waals surface area contributed by atoms with Gasteiger partial charge in [-0.15, -0.1) is 0 Å². The lowest BCUT2D eigenvalue weighted by Crippen LogP contribution is -2.26. The molecular weight excluding hydrogens is 374 g/mol. The van der Waals surface area contributed by atoms with Crippen molar-refractivity contribution in [2.45, 2.75) is 33.7 Å². The lowest BCUT2D eigenvalue weighted by atomic mass is 10.0. The fourth-order valence-electron chi connectivity index (χ4n) is 4.11. The second-order valence-electron chi connectivity index (χ2n) is 7.78. The average Bonchev–Trinajstić information content (AvgIpc) is 3.38. The lowest BCUT2D eigenvalue weighted by Gasteiger charge is -2.29. The third kappa shape index (κ3) is 2.84. The van der Waals surface area contributed by atoms with Crippen LogP contribution in [0.2, 0.25) is 0 Å². The highest BCUT2D eigenvalue weighted by molar-refractivity contribution is 5.91. The third-order valence-electron chi connectivity index (χ3n) is 5.47. The van der Waals surface area contributed by atoms with Crippen molar-refractivity contribution in [2.24, 2.45) is 0 Å². The Balaban J connectivity index is 1.65. The van der Waals surface area contributed by atoms with Gasteiger partial charge in [-0.05, 0) is 57.5 Å². The molecule has 4 heterocycles. The Kier molecular flexibility index (Phi) is 4.28. The van der Waals surface area contributed by atoms with Gasteiger partial charge < -0.3 is 9.32 Å². The highest BCUT2D eigenvalue weighted by Crippen LogP contribution is 2.35. The number of pyridine rings is 1. The Morgan fingerprint density at radius 1 is 1.00 bits per heavy atom. The lowest BCUT2D eigenvalue weighted by molar-refractivity contribution is 0.615. The van der Waals surface area contributed by atoms with Gasteiger partial charge >= 0.3 is 0 Å². The molecule has 6 nitrogen and oxygen atoms in total. The smallest absolute Gasteiger partial charge is 0.155 e. The molecule has 30 heavy (non-hydrogen) atoms. The van der Waals surface area contributed by atoms with Crippen molar-refractivity contribution in [3.8, 4) is 11.3 Å². The van der Waals surface area contributed by atoms with Crippen LogP contribution >= 0.6 is 0 Å². The molecule has 0 saturated heterocycles. The van der Waals surface area contributed by atoms with Gasteiger partial charge in [-0.3, -0.25) is 9.38 Å². The molecule has 0 aliphatic rings. The normalized spacial score (nSPS) is 11.6. The fourth-order valence-corrected chi connectivity index (χ4v) is 4.11. The molecule has 0 unspecified atom stereocenters. The van der Waals surface area contributed by atoms with E-state index in [1.54, 1.807) is 24.9 Å². The molecule has 0 radical (unpaired) electrons. The standard InChI is InChI=1S/C24H23N5O/c1-15(2)29(24-20-8-12-30-21(20)7-9-26-24)18-5-6-19(16(3)13-18)23-17(4)27-14-22-25-10-11-28(22)23/h5-15H,1-4H3. The number of imidazole rings is 1. The summed E-state index contributed by atoms with van der Waals surface area (Å²) in [7, 11) is 0. The first-order chi connectivity index (χ1) is 14.5. The largest absolute Gasteiger partial charge is 0.464 e. The molecule has 0 spiro atoms. The van der Waals surface area contributed by atoms with E-state index >= 15 is 0 Å².